The number of nitrogens with one attached hydrogen (secondary N) is 1. The molecule has 1 aromatic heterocycles. The van der Waals surface area contributed by atoms with Crippen LogP contribution in [0.15, 0.2) is 71.9 Å². The minimum absolute atomic E-state index is 0.0348. The van der Waals surface area contributed by atoms with Gasteiger partial charge in [0.25, 0.3) is 15.9 Å². The molecule has 0 bridgehead atoms. The van der Waals surface area contributed by atoms with Crippen molar-refractivity contribution in [3.63, 3.8) is 0 Å². The average Bonchev–Trinajstić information content (AvgIpc) is 2.75. The van der Waals surface area contributed by atoms with Crippen LogP contribution in [-0.4, -0.2) is 31.3 Å². The molecule has 0 aliphatic carbocycles. The number of sulfonamides is 1. The highest BCUT2D eigenvalue weighted by molar-refractivity contribution is 7.92. The van der Waals surface area contributed by atoms with Gasteiger partial charge in [0.05, 0.1) is 10.9 Å². The molecule has 156 valence electrons. The second kappa shape index (κ2) is 8.62. The maximum Gasteiger partial charge on any atom is 0.261 e. The van der Waals surface area contributed by atoms with Crippen LogP contribution in [0.2, 0.25) is 0 Å². The third-order valence-electron chi connectivity index (χ3n) is 4.91. The van der Waals surface area contributed by atoms with Crippen molar-refractivity contribution in [3.05, 3.63) is 89.5 Å². The Morgan fingerprint density at radius 2 is 1.70 bits per heavy atom. The molecule has 3 rings (SSSR count). The Labute approximate surface area is 175 Å². The van der Waals surface area contributed by atoms with Gasteiger partial charge >= 0.3 is 0 Å². The molecule has 1 unspecified atom stereocenters. The molecule has 1 N–H and O–H groups in total. The van der Waals surface area contributed by atoms with E-state index in [1.54, 1.807) is 36.5 Å². The Bertz CT molecular complexity index is 1150. The monoisotopic (exact) mass is 427 g/mol. The highest BCUT2D eigenvalue weighted by atomic mass is 32.2. The summed E-state index contributed by atoms with van der Waals surface area (Å²) in [5.74, 6) is -0.662. The fraction of sp³-hybridized carbons (Fsp3) is 0.182. The number of halogens is 1. The van der Waals surface area contributed by atoms with Crippen molar-refractivity contribution >= 4 is 21.6 Å². The second-order valence-electron chi connectivity index (χ2n) is 6.97. The van der Waals surface area contributed by atoms with Crippen molar-refractivity contribution in [1.29, 1.82) is 0 Å². The standard InChI is InChI=1S/C22H22FN3O3S/c1-15-14-20(8-9-21(15)23)30(28,29)25-19-6-4-18(5-7-19)22(27)26(3)16(2)17-10-12-24-13-11-17/h4-14,16,25H,1-3H3. The number of aryl methyl sites for hydroxylation is 1. The Balaban J connectivity index is 1.74. The lowest BCUT2D eigenvalue weighted by atomic mass is 10.1. The van der Waals surface area contributed by atoms with E-state index < -0.39 is 15.8 Å². The third kappa shape index (κ3) is 4.65. The van der Waals surface area contributed by atoms with E-state index in [1.165, 1.54) is 31.2 Å². The first-order valence-electron chi connectivity index (χ1n) is 9.25. The van der Waals surface area contributed by atoms with Gasteiger partial charge in [-0.05, 0) is 79.6 Å². The van der Waals surface area contributed by atoms with E-state index in [9.17, 15) is 17.6 Å². The van der Waals surface area contributed by atoms with Crippen LogP contribution in [0, 0.1) is 12.7 Å². The molecule has 0 saturated heterocycles. The summed E-state index contributed by atoms with van der Waals surface area (Å²) in [6.07, 6.45) is 3.35. The van der Waals surface area contributed by atoms with E-state index >= 15 is 0 Å². The van der Waals surface area contributed by atoms with Crippen LogP contribution in [0.5, 0.6) is 0 Å². The SMILES string of the molecule is Cc1cc(S(=O)(=O)Nc2ccc(C(=O)N(C)C(C)c3ccncc3)cc2)ccc1F. The zero-order valence-electron chi connectivity index (χ0n) is 16.8. The summed E-state index contributed by atoms with van der Waals surface area (Å²) in [6.45, 7) is 3.42. The van der Waals surface area contributed by atoms with E-state index in [-0.39, 0.29) is 22.4 Å². The van der Waals surface area contributed by atoms with Crippen LogP contribution >= 0.6 is 0 Å². The molecule has 0 radical (unpaired) electrons. The molecule has 1 atom stereocenters. The summed E-state index contributed by atoms with van der Waals surface area (Å²) in [5.41, 5.74) is 1.93. The minimum Gasteiger partial charge on any atom is -0.335 e. The van der Waals surface area contributed by atoms with E-state index in [4.69, 9.17) is 0 Å². The second-order valence-corrected chi connectivity index (χ2v) is 8.65. The summed E-state index contributed by atoms with van der Waals surface area (Å²) in [4.78, 5) is 18.3. The Morgan fingerprint density at radius 1 is 1.07 bits per heavy atom. The zero-order chi connectivity index (χ0) is 21.9. The number of aromatic nitrogens is 1. The number of rotatable bonds is 6. The Hall–Kier alpha value is -3.26. The summed E-state index contributed by atoms with van der Waals surface area (Å²) in [6, 6.07) is 13.3. The van der Waals surface area contributed by atoms with Crippen molar-refractivity contribution in [3.8, 4) is 0 Å². The van der Waals surface area contributed by atoms with E-state index in [2.05, 4.69) is 9.71 Å². The number of pyridine rings is 1. The topological polar surface area (TPSA) is 79.4 Å². The quantitative estimate of drug-likeness (QED) is 0.641. The molecule has 2 aromatic carbocycles. The largest absolute Gasteiger partial charge is 0.335 e. The van der Waals surface area contributed by atoms with Gasteiger partial charge in [0.2, 0.25) is 0 Å². The van der Waals surface area contributed by atoms with Gasteiger partial charge in [-0.15, -0.1) is 0 Å². The van der Waals surface area contributed by atoms with Gasteiger partial charge in [-0.3, -0.25) is 14.5 Å². The van der Waals surface area contributed by atoms with Gasteiger partial charge in [0.15, 0.2) is 0 Å². The zero-order valence-corrected chi connectivity index (χ0v) is 17.7. The van der Waals surface area contributed by atoms with Gasteiger partial charge in [-0.25, -0.2) is 12.8 Å². The van der Waals surface area contributed by atoms with Gasteiger partial charge < -0.3 is 4.90 Å². The number of benzene rings is 2. The van der Waals surface area contributed by atoms with Gasteiger partial charge in [-0.1, -0.05) is 0 Å². The Morgan fingerprint density at radius 3 is 2.30 bits per heavy atom. The van der Waals surface area contributed by atoms with Crippen LogP contribution in [-0.2, 0) is 10.0 Å². The van der Waals surface area contributed by atoms with Crippen molar-refractivity contribution in [1.82, 2.24) is 9.88 Å². The van der Waals surface area contributed by atoms with E-state index in [0.717, 1.165) is 11.6 Å². The number of nitrogens with zero attached hydrogens (tertiary/aromatic N) is 2. The smallest absolute Gasteiger partial charge is 0.261 e. The van der Waals surface area contributed by atoms with Crippen molar-refractivity contribution < 1.29 is 17.6 Å². The van der Waals surface area contributed by atoms with Gasteiger partial charge in [0.1, 0.15) is 5.82 Å². The van der Waals surface area contributed by atoms with Crippen LogP contribution in [0.25, 0.3) is 0 Å². The number of anilines is 1. The van der Waals surface area contributed by atoms with Gasteiger partial charge in [-0.2, -0.15) is 0 Å². The fourth-order valence-electron chi connectivity index (χ4n) is 2.92. The minimum atomic E-state index is -3.87. The lowest BCUT2D eigenvalue weighted by molar-refractivity contribution is 0.0742. The highest BCUT2D eigenvalue weighted by Crippen LogP contribution is 2.22. The Kier molecular flexibility index (Phi) is 6.17. The van der Waals surface area contributed by atoms with E-state index in [0.29, 0.717) is 11.3 Å². The molecule has 3 aromatic rings. The normalized spacial score (nSPS) is 12.3. The molecule has 6 nitrogen and oxygen atoms in total. The number of carbonyl (C=O) groups excluding carboxylic acids is 1. The lowest BCUT2D eigenvalue weighted by Crippen LogP contribution is -2.29. The number of hydrogen-bond donors (Lipinski definition) is 1. The van der Waals surface area contributed by atoms with Crippen LogP contribution in [0.1, 0.15) is 34.5 Å². The summed E-state index contributed by atoms with van der Waals surface area (Å²) in [5, 5.41) is 0. The fourth-order valence-corrected chi connectivity index (χ4v) is 4.07. The van der Waals surface area contributed by atoms with Gasteiger partial charge in [0, 0.05) is 30.7 Å². The molecule has 30 heavy (non-hydrogen) atoms. The molecular formula is C22H22FN3O3S. The number of amides is 1. The first-order valence-corrected chi connectivity index (χ1v) is 10.7. The number of hydrogen-bond acceptors (Lipinski definition) is 4. The predicted molar refractivity (Wildman–Crippen MR) is 113 cm³/mol. The van der Waals surface area contributed by atoms with Crippen molar-refractivity contribution in [2.45, 2.75) is 24.8 Å². The van der Waals surface area contributed by atoms with Crippen molar-refractivity contribution in [2.24, 2.45) is 0 Å². The first-order chi connectivity index (χ1) is 14.2. The molecule has 0 spiro atoms. The molecule has 0 saturated carbocycles. The molecular weight excluding hydrogens is 405 g/mol. The molecule has 0 fully saturated rings. The highest BCUT2D eigenvalue weighted by Gasteiger charge is 2.20. The maximum absolute atomic E-state index is 13.4. The van der Waals surface area contributed by atoms with E-state index in [1.807, 2.05) is 19.1 Å². The lowest BCUT2D eigenvalue weighted by Gasteiger charge is -2.25. The molecule has 1 heterocycles. The molecule has 1 amide bonds. The van der Waals surface area contributed by atoms with Crippen LogP contribution < -0.4 is 4.72 Å². The summed E-state index contributed by atoms with van der Waals surface area (Å²) in [7, 11) is -2.16. The molecule has 0 aliphatic heterocycles. The predicted octanol–water partition coefficient (Wildman–Crippen LogP) is 4.16. The van der Waals surface area contributed by atoms with Crippen LogP contribution in [0.4, 0.5) is 10.1 Å². The molecule has 8 heteroatoms. The average molecular weight is 428 g/mol. The maximum atomic E-state index is 13.4. The van der Waals surface area contributed by atoms with Crippen LogP contribution in [0.3, 0.4) is 0 Å². The molecule has 0 aliphatic rings. The van der Waals surface area contributed by atoms with Crippen molar-refractivity contribution in [2.75, 3.05) is 11.8 Å². The third-order valence-corrected chi connectivity index (χ3v) is 6.29. The summed E-state index contributed by atoms with van der Waals surface area (Å²) >= 11 is 0. The first kappa shape index (κ1) is 21.4. The number of carbonyl (C=O) groups is 1. The summed E-state index contributed by atoms with van der Waals surface area (Å²) < 4.78 is 40.9.